The average molecular weight is 416 g/mol. The molecule has 6 heteroatoms. The number of benzene rings is 3. The normalized spacial score (nSPS) is 17.8. The molecular formula is C25H18F2N2O2. The number of rotatable bonds is 4. The minimum atomic E-state index is -0.741. The highest BCUT2D eigenvalue weighted by Gasteiger charge is 2.41. The summed E-state index contributed by atoms with van der Waals surface area (Å²) in [6, 6.07) is 22.6. The monoisotopic (exact) mass is 416 g/mol. The molecule has 31 heavy (non-hydrogen) atoms. The van der Waals surface area contributed by atoms with E-state index in [1.165, 1.54) is 12.1 Å². The van der Waals surface area contributed by atoms with Crippen LogP contribution in [0.3, 0.4) is 0 Å². The molecule has 3 aromatic carbocycles. The molecule has 0 saturated heterocycles. The number of fused-ring (bicyclic) bond motifs is 1. The smallest absolute Gasteiger partial charge is 0.317 e. The van der Waals surface area contributed by atoms with Gasteiger partial charge >= 0.3 is 5.97 Å². The third-order valence-electron chi connectivity index (χ3n) is 5.54. The van der Waals surface area contributed by atoms with E-state index in [1.54, 1.807) is 0 Å². The number of nitrogens with zero attached hydrogens (tertiary/aromatic N) is 1. The summed E-state index contributed by atoms with van der Waals surface area (Å²) in [6.45, 7) is 0. The lowest BCUT2D eigenvalue weighted by Gasteiger charge is -2.29. The first-order valence-corrected chi connectivity index (χ1v) is 9.96. The van der Waals surface area contributed by atoms with E-state index in [-0.39, 0.29) is 29.2 Å². The number of carbonyl (C=O) groups excluding carboxylic acids is 1. The Hall–Kier alpha value is -3.80. The van der Waals surface area contributed by atoms with E-state index in [0.717, 1.165) is 17.2 Å². The van der Waals surface area contributed by atoms with Gasteiger partial charge in [0.25, 0.3) is 0 Å². The van der Waals surface area contributed by atoms with Crippen LogP contribution in [0.5, 0.6) is 5.88 Å². The molecular weight excluding hydrogens is 398 g/mol. The van der Waals surface area contributed by atoms with Crippen LogP contribution in [0, 0.1) is 17.6 Å². The maximum Gasteiger partial charge on any atom is 0.317 e. The van der Waals surface area contributed by atoms with Crippen molar-refractivity contribution < 1.29 is 18.3 Å². The molecule has 0 fully saturated rings. The number of hydrogen-bond donors (Lipinski definition) is 1. The number of hydrogen-bond acceptors (Lipinski definition) is 3. The summed E-state index contributed by atoms with van der Waals surface area (Å²) in [5.74, 6) is -2.26. The van der Waals surface area contributed by atoms with Crippen molar-refractivity contribution in [1.29, 1.82) is 0 Å². The Labute approximate surface area is 177 Å². The van der Waals surface area contributed by atoms with Gasteiger partial charge in [-0.3, -0.25) is 4.79 Å². The van der Waals surface area contributed by atoms with Gasteiger partial charge in [0, 0.05) is 12.0 Å². The fourth-order valence-electron chi connectivity index (χ4n) is 4.09. The molecule has 154 valence electrons. The van der Waals surface area contributed by atoms with Gasteiger partial charge in [0.15, 0.2) is 0 Å². The Morgan fingerprint density at radius 3 is 2.35 bits per heavy atom. The number of H-pyrrole nitrogens is 1. The number of esters is 1. The lowest BCUT2D eigenvalue weighted by Crippen LogP contribution is -2.34. The molecule has 1 N–H and O–H groups in total. The van der Waals surface area contributed by atoms with Crippen LogP contribution in [-0.4, -0.2) is 15.9 Å². The summed E-state index contributed by atoms with van der Waals surface area (Å²) >= 11 is 0. The minimum Gasteiger partial charge on any atom is -0.407 e. The summed E-state index contributed by atoms with van der Waals surface area (Å²) in [5, 5.41) is 0. The fourth-order valence-corrected chi connectivity index (χ4v) is 4.09. The van der Waals surface area contributed by atoms with Crippen molar-refractivity contribution in [3.63, 3.8) is 0 Å². The first-order chi connectivity index (χ1) is 15.1. The van der Waals surface area contributed by atoms with Gasteiger partial charge in [-0.15, -0.1) is 0 Å². The van der Waals surface area contributed by atoms with Crippen molar-refractivity contribution in [2.75, 3.05) is 0 Å². The highest BCUT2D eigenvalue weighted by molar-refractivity contribution is 5.80. The molecule has 2 unspecified atom stereocenters. The Morgan fingerprint density at radius 1 is 0.935 bits per heavy atom. The molecule has 2 atom stereocenters. The van der Waals surface area contributed by atoms with Gasteiger partial charge in [-0.2, -0.15) is 0 Å². The summed E-state index contributed by atoms with van der Waals surface area (Å²) in [7, 11) is 0. The van der Waals surface area contributed by atoms with Crippen molar-refractivity contribution in [3.8, 4) is 17.3 Å². The number of ether oxygens (including phenoxy) is 1. The van der Waals surface area contributed by atoms with Gasteiger partial charge < -0.3 is 9.72 Å². The molecule has 5 rings (SSSR count). The Bertz CT molecular complexity index is 1240. The number of aromatic nitrogens is 2. The van der Waals surface area contributed by atoms with E-state index < -0.39 is 17.6 Å². The standard InChI is InChI=1S/C25H18F2N2O2/c26-17-11-12-18(20(27)14-17)23-28-22-21(16-9-5-2-6-10-16)19(25(30)31-24(22)29-23)13-15-7-3-1-4-8-15/h1-12,14,19,21H,13H2,(H,28,29). The first-order valence-electron chi connectivity index (χ1n) is 9.96. The highest BCUT2D eigenvalue weighted by Crippen LogP contribution is 2.43. The average Bonchev–Trinajstić information content (AvgIpc) is 3.18. The van der Waals surface area contributed by atoms with Crippen LogP contribution >= 0.6 is 0 Å². The molecule has 1 aliphatic rings. The van der Waals surface area contributed by atoms with Crippen molar-refractivity contribution >= 4 is 5.97 Å². The largest absolute Gasteiger partial charge is 0.407 e. The van der Waals surface area contributed by atoms with Crippen molar-refractivity contribution in [2.24, 2.45) is 5.92 Å². The lowest BCUT2D eigenvalue weighted by atomic mass is 9.79. The van der Waals surface area contributed by atoms with E-state index in [0.29, 0.717) is 12.1 Å². The van der Waals surface area contributed by atoms with Crippen LogP contribution in [0.25, 0.3) is 11.4 Å². The highest BCUT2D eigenvalue weighted by atomic mass is 19.1. The summed E-state index contributed by atoms with van der Waals surface area (Å²) in [4.78, 5) is 20.5. The number of imidazole rings is 1. The molecule has 1 aliphatic heterocycles. The van der Waals surface area contributed by atoms with E-state index in [2.05, 4.69) is 9.97 Å². The van der Waals surface area contributed by atoms with Gasteiger partial charge in [0.05, 0.1) is 11.5 Å². The predicted molar refractivity (Wildman–Crippen MR) is 111 cm³/mol. The summed E-state index contributed by atoms with van der Waals surface area (Å²) in [5.41, 5.74) is 2.57. The molecule has 0 saturated carbocycles. The summed E-state index contributed by atoms with van der Waals surface area (Å²) in [6.07, 6.45) is 0.478. The zero-order valence-corrected chi connectivity index (χ0v) is 16.4. The molecule has 0 aliphatic carbocycles. The van der Waals surface area contributed by atoms with Crippen LogP contribution in [0.1, 0.15) is 22.7 Å². The first kappa shape index (κ1) is 19.2. The minimum absolute atomic E-state index is 0.110. The van der Waals surface area contributed by atoms with Crippen LogP contribution in [-0.2, 0) is 11.2 Å². The molecule has 1 aromatic heterocycles. The zero-order chi connectivity index (χ0) is 21.4. The topological polar surface area (TPSA) is 55.0 Å². The predicted octanol–water partition coefficient (Wildman–Crippen LogP) is 5.26. The quantitative estimate of drug-likeness (QED) is 0.462. The van der Waals surface area contributed by atoms with E-state index in [4.69, 9.17) is 4.74 Å². The van der Waals surface area contributed by atoms with Crippen molar-refractivity contribution in [3.05, 3.63) is 107 Å². The Balaban J connectivity index is 1.61. The van der Waals surface area contributed by atoms with E-state index in [1.807, 2.05) is 60.7 Å². The summed E-state index contributed by atoms with van der Waals surface area (Å²) < 4.78 is 33.3. The molecule has 0 bridgehead atoms. The maximum absolute atomic E-state index is 14.4. The van der Waals surface area contributed by atoms with Gasteiger partial charge in [0.1, 0.15) is 23.2 Å². The zero-order valence-electron chi connectivity index (χ0n) is 16.4. The van der Waals surface area contributed by atoms with Gasteiger partial charge in [-0.25, -0.2) is 13.8 Å². The Kier molecular flexibility index (Phi) is 4.82. The second-order valence-electron chi connectivity index (χ2n) is 7.53. The van der Waals surface area contributed by atoms with Gasteiger partial charge in [-0.05, 0) is 29.7 Å². The Morgan fingerprint density at radius 2 is 1.65 bits per heavy atom. The molecule has 4 aromatic rings. The second-order valence-corrected chi connectivity index (χ2v) is 7.53. The second kappa shape index (κ2) is 7.80. The molecule has 0 spiro atoms. The van der Waals surface area contributed by atoms with Gasteiger partial charge in [0.2, 0.25) is 5.88 Å². The lowest BCUT2D eigenvalue weighted by molar-refractivity contribution is -0.141. The van der Waals surface area contributed by atoms with Gasteiger partial charge in [-0.1, -0.05) is 60.7 Å². The molecule has 4 nitrogen and oxygen atoms in total. The maximum atomic E-state index is 14.4. The third kappa shape index (κ3) is 3.61. The number of nitrogens with one attached hydrogen (secondary N) is 1. The van der Waals surface area contributed by atoms with Crippen LogP contribution in [0.2, 0.25) is 0 Å². The van der Waals surface area contributed by atoms with Crippen molar-refractivity contribution in [1.82, 2.24) is 9.97 Å². The number of carbonyl (C=O) groups is 1. The van der Waals surface area contributed by atoms with Crippen LogP contribution in [0.15, 0.2) is 78.9 Å². The van der Waals surface area contributed by atoms with Crippen LogP contribution < -0.4 is 4.74 Å². The third-order valence-corrected chi connectivity index (χ3v) is 5.54. The van der Waals surface area contributed by atoms with E-state index >= 15 is 0 Å². The SMILES string of the molecule is O=C1Oc2[nH]c(-c3ccc(F)cc3F)nc2C(c2ccccc2)C1Cc1ccccc1. The molecule has 0 radical (unpaired) electrons. The number of halogens is 2. The van der Waals surface area contributed by atoms with Crippen LogP contribution in [0.4, 0.5) is 8.78 Å². The fraction of sp³-hybridized carbons (Fsp3) is 0.120. The van der Waals surface area contributed by atoms with E-state index in [9.17, 15) is 13.6 Å². The molecule has 0 amide bonds. The molecule has 2 heterocycles. The van der Waals surface area contributed by atoms with Crippen molar-refractivity contribution in [2.45, 2.75) is 12.3 Å². The number of aromatic amines is 1.